The average Bonchev–Trinajstić information content (AvgIpc) is 2.89. The Hall–Kier alpha value is -1.16. The Morgan fingerprint density at radius 2 is 2.06 bits per heavy atom. The van der Waals surface area contributed by atoms with E-state index in [-0.39, 0.29) is 23.9 Å². The minimum absolute atomic E-state index is 0.0171. The highest BCUT2D eigenvalue weighted by molar-refractivity contribution is 6.05. The van der Waals surface area contributed by atoms with Crippen LogP contribution in [0.5, 0.6) is 0 Å². The molecule has 0 aromatic rings. The third-order valence-corrected chi connectivity index (χ3v) is 3.66. The lowest BCUT2D eigenvalue weighted by Crippen LogP contribution is -2.45. The Bertz CT molecular complexity index is 343. The van der Waals surface area contributed by atoms with Crippen LogP contribution in [0, 0.1) is 0 Å². The van der Waals surface area contributed by atoms with Gasteiger partial charge in [0.05, 0.1) is 12.5 Å². The van der Waals surface area contributed by atoms with Gasteiger partial charge in [-0.05, 0) is 26.2 Å². The zero-order valence-corrected chi connectivity index (χ0v) is 10.5. The molecule has 2 atom stereocenters. The third kappa shape index (κ3) is 2.41. The molecular weight excluding hydrogens is 216 g/mol. The number of carbonyl (C=O) groups excluding carboxylic acids is 2. The summed E-state index contributed by atoms with van der Waals surface area (Å²) in [5, 5.41) is 3.29. The van der Waals surface area contributed by atoms with E-state index in [1.165, 1.54) is 4.90 Å². The van der Waals surface area contributed by atoms with Crippen molar-refractivity contribution in [1.82, 2.24) is 10.2 Å². The summed E-state index contributed by atoms with van der Waals surface area (Å²) in [5.41, 5.74) is 0. The van der Waals surface area contributed by atoms with E-state index in [1.54, 1.807) is 0 Å². The number of rotatable bonds is 4. The van der Waals surface area contributed by atoms with Crippen LogP contribution in [0.1, 0.15) is 39.5 Å². The van der Waals surface area contributed by atoms with Crippen molar-refractivity contribution < 1.29 is 9.59 Å². The second-order valence-electron chi connectivity index (χ2n) is 4.92. The maximum Gasteiger partial charge on any atom is 0.247 e. The molecule has 1 fully saturated rings. The first kappa shape index (κ1) is 12.3. The summed E-state index contributed by atoms with van der Waals surface area (Å²) in [4.78, 5) is 25.4. The van der Waals surface area contributed by atoms with Gasteiger partial charge in [-0.2, -0.15) is 0 Å². The Morgan fingerprint density at radius 3 is 2.65 bits per heavy atom. The van der Waals surface area contributed by atoms with Gasteiger partial charge in [0.2, 0.25) is 11.8 Å². The molecule has 17 heavy (non-hydrogen) atoms. The first-order valence-electron chi connectivity index (χ1n) is 6.40. The van der Waals surface area contributed by atoms with Crippen LogP contribution >= 0.6 is 0 Å². The monoisotopic (exact) mass is 236 g/mol. The molecule has 1 N–H and O–H groups in total. The average molecular weight is 236 g/mol. The maximum absolute atomic E-state index is 12.1. The first-order chi connectivity index (χ1) is 8.13. The Labute approximate surface area is 102 Å². The minimum atomic E-state index is -0.304. The van der Waals surface area contributed by atoms with Gasteiger partial charge >= 0.3 is 0 Å². The number of carbonyl (C=O) groups is 2. The molecule has 2 amide bonds. The van der Waals surface area contributed by atoms with E-state index < -0.39 is 0 Å². The summed E-state index contributed by atoms with van der Waals surface area (Å²) < 4.78 is 0. The van der Waals surface area contributed by atoms with Gasteiger partial charge in [-0.25, -0.2) is 0 Å². The molecule has 94 valence electrons. The molecule has 1 aliphatic heterocycles. The SMILES string of the molecule is CCC(C)N1C(=O)CC(NC2CC=CC2)C1=O. The van der Waals surface area contributed by atoms with Gasteiger partial charge in [-0.1, -0.05) is 19.1 Å². The van der Waals surface area contributed by atoms with Crippen molar-refractivity contribution in [3.8, 4) is 0 Å². The van der Waals surface area contributed by atoms with Crippen molar-refractivity contribution in [1.29, 1.82) is 0 Å². The molecule has 4 heteroatoms. The van der Waals surface area contributed by atoms with Crippen molar-refractivity contribution in [2.75, 3.05) is 0 Å². The molecule has 1 heterocycles. The quantitative estimate of drug-likeness (QED) is 0.590. The maximum atomic E-state index is 12.1. The molecule has 0 spiro atoms. The van der Waals surface area contributed by atoms with E-state index >= 15 is 0 Å². The molecule has 0 bridgehead atoms. The van der Waals surface area contributed by atoms with Gasteiger partial charge in [-0.15, -0.1) is 0 Å². The van der Waals surface area contributed by atoms with E-state index in [0.29, 0.717) is 12.5 Å². The summed E-state index contributed by atoms with van der Waals surface area (Å²) in [6, 6.07) is 0.0403. The van der Waals surface area contributed by atoms with Crippen LogP contribution in [0.3, 0.4) is 0 Å². The van der Waals surface area contributed by atoms with Crippen LogP contribution in [0.4, 0.5) is 0 Å². The lowest BCUT2D eigenvalue weighted by atomic mass is 10.1. The van der Waals surface area contributed by atoms with E-state index in [1.807, 2.05) is 13.8 Å². The zero-order chi connectivity index (χ0) is 12.4. The summed E-state index contributed by atoms with van der Waals surface area (Å²) in [5.74, 6) is -0.0796. The molecule has 1 saturated heterocycles. The third-order valence-electron chi connectivity index (χ3n) is 3.66. The van der Waals surface area contributed by atoms with Crippen LogP contribution in [0.15, 0.2) is 12.2 Å². The topological polar surface area (TPSA) is 49.4 Å². The highest BCUT2D eigenvalue weighted by atomic mass is 16.2. The fraction of sp³-hybridized carbons (Fsp3) is 0.692. The van der Waals surface area contributed by atoms with Crippen LogP contribution in [0.2, 0.25) is 0 Å². The van der Waals surface area contributed by atoms with Crippen LogP contribution in [-0.2, 0) is 9.59 Å². The minimum Gasteiger partial charge on any atom is -0.302 e. The van der Waals surface area contributed by atoms with Gasteiger partial charge in [-0.3, -0.25) is 14.5 Å². The van der Waals surface area contributed by atoms with Crippen molar-refractivity contribution >= 4 is 11.8 Å². The van der Waals surface area contributed by atoms with Gasteiger partial charge in [0.25, 0.3) is 0 Å². The fourth-order valence-electron chi connectivity index (χ4n) is 2.46. The molecule has 0 radical (unpaired) electrons. The standard InChI is InChI=1S/C13H20N2O2/c1-3-9(2)15-12(16)8-11(13(15)17)14-10-6-4-5-7-10/h4-5,9-11,14H,3,6-8H2,1-2H3. The number of amides is 2. The zero-order valence-electron chi connectivity index (χ0n) is 10.5. The van der Waals surface area contributed by atoms with Crippen molar-refractivity contribution in [2.24, 2.45) is 0 Å². The van der Waals surface area contributed by atoms with Crippen molar-refractivity contribution in [2.45, 2.75) is 57.7 Å². The van der Waals surface area contributed by atoms with Gasteiger partial charge in [0, 0.05) is 12.1 Å². The van der Waals surface area contributed by atoms with Crippen LogP contribution < -0.4 is 5.32 Å². The Kier molecular flexibility index (Phi) is 3.62. The van der Waals surface area contributed by atoms with Crippen LogP contribution in [-0.4, -0.2) is 34.8 Å². The van der Waals surface area contributed by atoms with E-state index in [2.05, 4.69) is 17.5 Å². The van der Waals surface area contributed by atoms with E-state index in [9.17, 15) is 9.59 Å². The lowest BCUT2D eigenvalue weighted by Gasteiger charge is -2.22. The van der Waals surface area contributed by atoms with Crippen molar-refractivity contribution in [3.05, 3.63) is 12.2 Å². The molecule has 2 unspecified atom stereocenters. The summed E-state index contributed by atoms with van der Waals surface area (Å²) in [6.07, 6.45) is 7.29. The number of likely N-dealkylation sites (tertiary alicyclic amines) is 1. The molecule has 0 saturated carbocycles. The molecule has 0 aromatic heterocycles. The first-order valence-corrected chi connectivity index (χ1v) is 6.40. The fourth-order valence-corrected chi connectivity index (χ4v) is 2.46. The van der Waals surface area contributed by atoms with E-state index in [0.717, 1.165) is 19.3 Å². The lowest BCUT2D eigenvalue weighted by molar-refractivity contribution is -0.141. The highest BCUT2D eigenvalue weighted by Gasteiger charge is 2.41. The molecule has 1 aliphatic carbocycles. The number of hydrogen-bond acceptors (Lipinski definition) is 3. The summed E-state index contributed by atoms with van der Waals surface area (Å²) in [6.45, 7) is 3.92. The highest BCUT2D eigenvalue weighted by Crippen LogP contribution is 2.20. The summed E-state index contributed by atoms with van der Waals surface area (Å²) in [7, 11) is 0. The van der Waals surface area contributed by atoms with E-state index in [4.69, 9.17) is 0 Å². The normalized spacial score (nSPS) is 27.2. The number of hydrogen-bond donors (Lipinski definition) is 1. The van der Waals surface area contributed by atoms with Gasteiger partial charge < -0.3 is 5.32 Å². The van der Waals surface area contributed by atoms with Crippen LogP contribution in [0.25, 0.3) is 0 Å². The molecule has 0 aromatic carbocycles. The molecule has 2 aliphatic rings. The van der Waals surface area contributed by atoms with Gasteiger partial charge in [0.15, 0.2) is 0 Å². The number of imide groups is 1. The predicted molar refractivity (Wildman–Crippen MR) is 65.3 cm³/mol. The van der Waals surface area contributed by atoms with Crippen molar-refractivity contribution in [3.63, 3.8) is 0 Å². The Balaban J connectivity index is 1.97. The molecular formula is C13H20N2O2. The second kappa shape index (κ2) is 5.00. The Morgan fingerprint density at radius 1 is 1.41 bits per heavy atom. The molecule has 2 rings (SSSR count). The second-order valence-corrected chi connectivity index (χ2v) is 4.92. The summed E-state index contributed by atoms with van der Waals surface area (Å²) >= 11 is 0. The smallest absolute Gasteiger partial charge is 0.247 e. The van der Waals surface area contributed by atoms with Gasteiger partial charge in [0.1, 0.15) is 0 Å². The number of nitrogens with one attached hydrogen (secondary N) is 1. The largest absolute Gasteiger partial charge is 0.302 e. The number of nitrogens with zero attached hydrogens (tertiary/aromatic N) is 1. The molecule has 4 nitrogen and oxygen atoms in total. The predicted octanol–water partition coefficient (Wildman–Crippen LogP) is 1.22.